The number of amides is 1. The van der Waals surface area contributed by atoms with E-state index in [4.69, 9.17) is 9.47 Å². The Bertz CT molecular complexity index is 1050. The molecule has 1 aliphatic rings. The van der Waals surface area contributed by atoms with Crippen molar-refractivity contribution in [1.82, 2.24) is 4.98 Å². The zero-order valence-corrected chi connectivity index (χ0v) is 18.2. The average molecular weight is 474 g/mol. The van der Waals surface area contributed by atoms with E-state index in [1.165, 1.54) is 32.2 Å². The van der Waals surface area contributed by atoms with Gasteiger partial charge in [0.25, 0.3) is 5.91 Å². The summed E-state index contributed by atoms with van der Waals surface area (Å²) >= 11 is 0. The number of halogens is 5. The van der Waals surface area contributed by atoms with E-state index in [0.29, 0.717) is 0 Å². The molecule has 4 unspecified atom stereocenters. The first-order valence-corrected chi connectivity index (χ1v) is 10.0. The molecule has 11 heteroatoms. The summed E-state index contributed by atoms with van der Waals surface area (Å²) < 4.78 is 80.2. The van der Waals surface area contributed by atoms with Gasteiger partial charge in [0.15, 0.2) is 17.2 Å². The van der Waals surface area contributed by atoms with Gasteiger partial charge in [0, 0.05) is 29.3 Å². The van der Waals surface area contributed by atoms with Gasteiger partial charge < -0.3 is 19.9 Å². The largest absolute Gasteiger partial charge is 0.493 e. The van der Waals surface area contributed by atoms with Crippen LogP contribution in [0.2, 0.25) is 0 Å². The molecule has 0 radical (unpaired) electrons. The van der Waals surface area contributed by atoms with Crippen LogP contribution in [0.25, 0.3) is 0 Å². The van der Waals surface area contributed by atoms with Crippen LogP contribution < -0.4 is 10.1 Å². The maximum Gasteiger partial charge on any atom is 0.417 e. The van der Waals surface area contributed by atoms with Crippen molar-refractivity contribution in [2.45, 2.75) is 50.7 Å². The van der Waals surface area contributed by atoms with Crippen molar-refractivity contribution in [2.24, 2.45) is 5.92 Å². The fourth-order valence-electron chi connectivity index (χ4n) is 4.01. The van der Waals surface area contributed by atoms with Crippen molar-refractivity contribution < 1.29 is 41.3 Å². The summed E-state index contributed by atoms with van der Waals surface area (Å²) in [5.74, 6) is -6.84. The molecule has 0 bridgehead atoms. The molecule has 2 heterocycles. The second kappa shape index (κ2) is 8.86. The summed E-state index contributed by atoms with van der Waals surface area (Å²) in [4.78, 5) is 17.0. The van der Waals surface area contributed by atoms with E-state index in [1.807, 2.05) is 0 Å². The second-order valence-corrected chi connectivity index (χ2v) is 8.08. The van der Waals surface area contributed by atoms with Crippen LogP contribution in [0.3, 0.4) is 0 Å². The Labute approximate surface area is 186 Å². The van der Waals surface area contributed by atoms with Crippen molar-refractivity contribution >= 4 is 11.6 Å². The number of anilines is 1. The van der Waals surface area contributed by atoms with Crippen LogP contribution in [-0.4, -0.2) is 41.0 Å². The summed E-state index contributed by atoms with van der Waals surface area (Å²) in [7, 11) is 1.05. The van der Waals surface area contributed by atoms with Crippen molar-refractivity contribution in [1.29, 1.82) is 0 Å². The first-order chi connectivity index (χ1) is 15.3. The van der Waals surface area contributed by atoms with Gasteiger partial charge in [0.2, 0.25) is 5.82 Å². The first kappa shape index (κ1) is 24.8. The lowest BCUT2D eigenvalue weighted by molar-refractivity contribution is -0.272. The van der Waals surface area contributed by atoms with E-state index in [-0.39, 0.29) is 16.9 Å². The molecule has 1 aromatic carbocycles. The molecule has 1 fully saturated rings. The molecule has 180 valence electrons. The van der Waals surface area contributed by atoms with Gasteiger partial charge in [-0.2, -0.15) is 17.6 Å². The molecule has 0 aliphatic carbocycles. The highest BCUT2D eigenvalue weighted by Gasteiger charge is 2.65. The summed E-state index contributed by atoms with van der Waals surface area (Å²) in [5, 5.41) is 12.1. The number of aliphatic hydroxyl groups excluding tert-OH is 1. The molecule has 2 N–H and O–H groups in total. The molecule has 1 aromatic heterocycles. The van der Waals surface area contributed by atoms with Gasteiger partial charge in [-0.05, 0) is 32.0 Å². The fourth-order valence-corrected chi connectivity index (χ4v) is 4.01. The number of aliphatic hydroxyl groups is 1. The third-order valence-corrected chi connectivity index (χ3v) is 6.05. The van der Waals surface area contributed by atoms with E-state index in [2.05, 4.69) is 10.3 Å². The van der Waals surface area contributed by atoms with Crippen molar-refractivity contribution in [3.05, 3.63) is 53.4 Å². The minimum Gasteiger partial charge on any atom is -0.493 e. The van der Waals surface area contributed by atoms with Crippen molar-refractivity contribution in [2.75, 3.05) is 12.4 Å². The van der Waals surface area contributed by atoms with Crippen molar-refractivity contribution in [3.63, 3.8) is 0 Å². The van der Waals surface area contributed by atoms with Crippen LogP contribution in [0.4, 0.5) is 27.6 Å². The Morgan fingerprint density at radius 3 is 2.55 bits per heavy atom. The number of pyridine rings is 1. The minimum atomic E-state index is -4.86. The molecule has 5 atom stereocenters. The zero-order valence-electron chi connectivity index (χ0n) is 18.2. The van der Waals surface area contributed by atoms with E-state index in [0.717, 1.165) is 26.2 Å². The normalized spacial score (nSPS) is 26.2. The van der Waals surface area contributed by atoms with Crippen LogP contribution in [0.5, 0.6) is 5.75 Å². The Kier molecular flexibility index (Phi) is 6.67. The Balaban J connectivity index is 2.07. The predicted molar refractivity (Wildman–Crippen MR) is 108 cm³/mol. The topological polar surface area (TPSA) is 80.7 Å². The Hall–Kier alpha value is -2.79. The highest BCUT2D eigenvalue weighted by Crippen LogP contribution is 2.55. The lowest BCUT2D eigenvalue weighted by Crippen LogP contribution is -2.47. The summed E-state index contributed by atoms with van der Waals surface area (Å²) in [6.07, 6.45) is -6.21. The molecule has 0 spiro atoms. The van der Waals surface area contributed by atoms with Crippen LogP contribution >= 0.6 is 0 Å². The Morgan fingerprint density at radius 1 is 1.30 bits per heavy atom. The van der Waals surface area contributed by atoms with Gasteiger partial charge in [-0.15, -0.1) is 0 Å². The van der Waals surface area contributed by atoms with Crippen LogP contribution in [0, 0.1) is 17.6 Å². The maximum atomic E-state index is 14.4. The third-order valence-electron chi connectivity index (χ3n) is 6.05. The third kappa shape index (κ3) is 4.39. The predicted octanol–water partition coefficient (Wildman–Crippen LogP) is 4.50. The number of nitrogens with zero attached hydrogens (tertiary/aromatic N) is 1. The smallest absolute Gasteiger partial charge is 0.417 e. The number of hydrogen-bond acceptors (Lipinski definition) is 5. The molecule has 3 rings (SSSR count). The second-order valence-electron chi connectivity index (χ2n) is 8.08. The molecule has 6 nitrogen and oxygen atoms in total. The van der Waals surface area contributed by atoms with Gasteiger partial charge in [-0.25, -0.2) is 4.39 Å². The molecule has 33 heavy (non-hydrogen) atoms. The Morgan fingerprint density at radius 2 is 1.97 bits per heavy atom. The number of nitrogens with one attached hydrogen (secondary N) is 1. The number of benzene rings is 1. The SMILES string of the molecule is COc1c(C2C(C)C(C)(C(F)(F)F)O[C@@H]2C(=O)Nc2ccnc(C(C)O)c2)ccc(F)c1F. The van der Waals surface area contributed by atoms with E-state index in [9.17, 15) is 31.9 Å². The summed E-state index contributed by atoms with van der Waals surface area (Å²) in [6.45, 7) is 3.49. The number of aromatic nitrogens is 1. The number of carbonyl (C=O) groups excluding carboxylic acids is 1. The number of hydrogen-bond donors (Lipinski definition) is 2. The van der Waals surface area contributed by atoms with E-state index < -0.39 is 59.1 Å². The molecule has 1 aliphatic heterocycles. The van der Waals surface area contributed by atoms with Gasteiger partial charge in [0.05, 0.1) is 18.9 Å². The standard InChI is InChI=1S/C22H23F5N2O4/c1-10-16(13-5-6-14(23)17(24)18(13)32-4)19(33-21(10,3)22(25,26)27)20(31)29-12-7-8-28-15(9-12)11(2)30/h5-11,16,19,30H,1-4H3,(H,28,29,31)/t10?,11?,16?,19-,21?/m0/s1. The van der Waals surface area contributed by atoms with E-state index in [1.54, 1.807) is 0 Å². The number of rotatable bonds is 5. The number of alkyl halides is 3. The highest BCUT2D eigenvalue weighted by atomic mass is 19.4. The van der Waals surface area contributed by atoms with Crippen LogP contribution in [0.1, 0.15) is 44.1 Å². The fraction of sp³-hybridized carbons (Fsp3) is 0.455. The van der Waals surface area contributed by atoms with Crippen LogP contribution in [-0.2, 0) is 9.53 Å². The summed E-state index contributed by atoms with van der Waals surface area (Å²) in [6, 6.07) is 4.59. The molecule has 1 saturated heterocycles. The zero-order chi connectivity index (χ0) is 24.7. The number of carbonyl (C=O) groups is 1. The number of ether oxygens (including phenoxy) is 2. The van der Waals surface area contributed by atoms with Crippen LogP contribution in [0.15, 0.2) is 30.5 Å². The molecule has 2 aromatic rings. The lowest BCUT2D eigenvalue weighted by Gasteiger charge is -2.32. The highest BCUT2D eigenvalue weighted by molar-refractivity contribution is 5.95. The lowest BCUT2D eigenvalue weighted by atomic mass is 9.77. The summed E-state index contributed by atoms with van der Waals surface area (Å²) in [5.41, 5.74) is -2.49. The number of methoxy groups -OCH3 is 1. The van der Waals surface area contributed by atoms with Gasteiger partial charge >= 0.3 is 6.18 Å². The van der Waals surface area contributed by atoms with Gasteiger partial charge in [0.1, 0.15) is 6.10 Å². The molecule has 0 saturated carbocycles. The quantitative estimate of drug-likeness (QED) is 0.624. The van der Waals surface area contributed by atoms with E-state index >= 15 is 0 Å². The maximum absolute atomic E-state index is 14.4. The van der Waals surface area contributed by atoms with Gasteiger partial charge in [-0.3, -0.25) is 9.78 Å². The monoisotopic (exact) mass is 474 g/mol. The molecule has 1 amide bonds. The minimum absolute atomic E-state index is 0.128. The first-order valence-electron chi connectivity index (χ1n) is 10.0. The molecular weight excluding hydrogens is 451 g/mol. The van der Waals surface area contributed by atoms with Gasteiger partial charge in [-0.1, -0.05) is 13.0 Å². The average Bonchev–Trinajstić information content (AvgIpc) is 3.02. The molecular formula is C22H23F5N2O4. The van der Waals surface area contributed by atoms with Crippen molar-refractivity contribution in [3.8, 4) is 5.75 Å².